The van der Waals surface area contributed by atoms with E-state index >= 15 is 0 Å². The number of nitrogens with zero attached hydrogens (tertiary/aromatic N) is 3. The zero-order valence-electron chi connectivity index (χ0n) is 20.8. The Bertz CT molecular complexity index is 1520. The number of H-pyrrole nitrogens is 1. The van der Waals surface area contributed by atoms with Gasteiger partial charge in [-0.25, -0.2) is 0 Å². The summed E-state index contributed by atoms with van der Waals surface area (Å²) < 4.78 is 19.0. The summed E-state index contributed by atoms with van der Waals surface area (Å²) in [7, 11) is 1.63. The normalized spacial score (nSPS) is 11.0. The Labute approximate surface area is 214 Å². The lowest BCUT2D eigenvalue weighted by molar-refractivity contribution is 0.101. The number of Topliss-reactive ketones (excluding diaryl/α,β-unsaturated/α-hetero) is 1. The highest BCUT2D eigenvalue weighted by Gasteiger charge is 2.12. The standard InChI is InChI=1S/C29H28N4O4/c1-20(34)26-11-10-25(36-18-21-6-5-7-24(14-21)35-2)15-29(26)37-19-23-17-33(32-31-23)13-12-22-16-30-28-9-4-3-8-27(22)28/h3-11,14-17,30H,12-13,18-19H2,1-2H3. The molecule has 0 radical (unpaired) electrons. The molecular weight excluding hydrogens is 468 g/mol. The molecule has 2 heterocycles. The van der Waals surface area contributed by atoms with Crippen molar-refractivity contribution in [2.24, 2.45) is 0 Å². The van der Waals surface area contributed by atoms with Crippen molar-refractivity contribution in [1.29, 1.82) is 0 Å². The van der Waals surface area contributed by atoms with Crippen LogP contribution in [0.2, 0.25) is 0 Å². The first kappa shape index (κ1) is 24.1. The van der Waals surface area contributed by atoms with Crippen molar-refractivity contribution in [1.82, 2.24) is 20.0 Å². The van der Waals surface area contributed by atoms with Crippen molar-refractivity contribution in [3.8, 4) is 17.2 Å². The summed E-state index contributed by atoms with van der Waals surface area (Å²) >= 11 is 0. The van der Waals surface area contributed by atoms with Crippen LogP contribution in [0.1, 0.15) is 34.1 Å². The summed E-state index contributed by atoms with van der Waals surface area (Å²) in [6, 6.07) is 21.1. The monoisotopic (exact) mass is 496 g/mol. The zero-order chi connectivity index (χ0) is 25.6. The van der Waals surface area contributed by atoms with Gasteiger partial charge < -0.3 is 19.2 Å². The van der Waals surface area contributed by atoms with E-state index in [1.807, 2.05) is 48.8 Å². The SMILES string of the molecule is COc1cccc(COc2ccc(C(C)=O)c(OCc3cn(CCc4c[nH]c5ccccc45)nn3)c2)c1. The molecule has 0 aliphatic rings. The number of aromatic amines is 1. The van der Waals surface area contributed by atoms with E-state index in [-0.39, 0.29) is 12.4 Å². The Morgan fingerprint density at radius 1 is 0.973 bits per heavy atom. The fourth-order valence-corrected chi connectivity index (χ4v) is 4.17. The number of hydrogen-bond donors (Lipinski definition) is 1. The first-order valence-electron chi connectivity index (χ1n) is 12.1. The number of fused-ring (bicyclic) bond motifs is 1. The molecule has 3 aromatic carbocycles. The van der Waals surface area contributed by atoms with Crippen LogP contribution in [-0.4, -0.2) is 32.9 Å². The largest absolute Gasteiger partial charge is 0.497 e. The number of rotatable bonds is 11. The molecule has 5 rings (SSSR count). The summed E-state index contributed by atoms with van der Waals surface area (Å²) in [5.41, 5.74) is 4.50. The molecule has 5 aromatic rings. The molecule has 2 aromatic heterocycles. The second-order valence-electron chi connectivity index (χ2n) is 8.73. The van der Waals surface area contributed by atoms with E-state index in [2.05, 4.69) is 27.4 Å². The van der Waals surface area contributed by atoms with E-state index in [1.165, 1.54) is 17.9 Å². The maximum Gasteiger partial charge on any atom is 0.163 e. The van der Waals surface area contributed by atoms with Gasteiger partial charge in [-0.05, 0) is 54.8 Å². The number of benzene rings is 3. The Hall–Kier alpha value is -4.59. The number of ketones is 1. The molecule has 0 aliphatic heterocycles. The molecule has 0 fully saturated rings. The predicted octanol–water partition coefficient (Wildman–Crippen LogP) is 5.37. The number of methoxy groups -OCH3 is 1. The quantitative estimate of drug-likeness (QED) is 0.247. The van der Waals surface area contributed by atoms with Gasteiger partial charge in [0.25, 0.3) is 0 Å². The molecule has 0 saturated heterocycles. The average Bonchev–Trinajstić information content (AvgIpc) is 3.56. The van der Waals surface area contributed by atoms with Crippen LogP contribution in [0.3, 0.4) is 0 Å². The lowest BCUT2D eigenvalue weighted by atomic mass is 10.1. The van der Waals surface area contributed by atoms with Crippen molar-refractivity contribution < 1.29 is 19.0 Å². The molecule has 8 heteroatoms. The van der Waals surface area contributed by atoms with Crippen LogP contribution in [0.25, 0.3) is 10.9 Å². The van der Waals surface area contributed by atoms with E-state index < -0.39 is 0 Å². The third kappa shape index (κ3) is 5.81. The van der Waals surface area contributed by atoms with E-state index in [0.717, 1.165) is 23.3 Å². The third-order valence-electron chi connectivity index (χ3n) is 6.12. The highest BCUT2D eigenvalue weighted by molar-refractivity contribution is 5.97. The maximum absolute atomic E-state index is 12.2. The summed E-state index contributed by atoms with van der Waals surface area (Å²) in [5, 5.41) is 9.69. The van der Waals surface area contributed by atoms with Gasteiger partial charge in [0.15, 0.2) is 5.78 Å². The molecule has 0 bridgehead atoms. The maximum atomic E-state index is 12.2. The van der Waals surface area contributed by atoms with Crippen LogP contribution in [0, 0.1) is 0 Å². The fraction of sp³-hybridized carbons (Fsp3) is 0.207. The lowest BCUT2D eigenvalue weighted by Gasteiger charge is -2.12. The first-order valence-corrected chi connectivity index (χ1v) is 12.1. The summed E-state index contributed by atoms with van der Waals surface area (Å²) in [5.74, 6) is 1.73. The van der Waals surface area contributed by atoms with Crippen molar-refractivity contribution in [2.45, 2.75) is 33.1 Å². The van der Waals surface area contributed by atoms with Gasteiger partial charge in [0, 0.05) is 29.7 Å². The van der Waals surface area contributed by atoms with Gasteiger partial charge in [0.2, 0.25) is 0 Å². The number of carbonyl (C=O) groups excluding carboxylic acids is 1. The third-order valence-corrected chi connectivity index (χ3v) is 6.12. The van der Waals surface area contributed by atoms with Gasteiger partial charge in [0.1, 0.15) is 36.2 Å². The average molecular weight is 497 g/mol. The second-order valence-corrected chi connectivity index (χ2v) is 8.73. The van der Waals surface area contributed by atoms with Crippen LogP contribution in [-0.2, 0) is 26.2 Å². The number of aryl methyl sites for hydroxylation is 2. The first-order chi connectivity index (χ1) is 18.1. The zero-order valence-corrected chi connectivity index (χ0v) is 20.8. The predicted molar refractivity (Wildman–Crippen MR) is 140 cm³/mol. The van der Waals surface area contributed by atoms with Crippen molar-refractivity contribution in [3.05, 3.63) is 102 Å². The van der Waals surface area contributed by atoms with E-state index in [4.69, 9.17) is 14.2 Å². The summed E-state index contributed by atoms with van der Waals surface area (Å²) in [6.45, 7) is 2.76. The van der Waals surface area contributed by atoms with Crippen LogP contribution in [0.5, 0.6) is 17.2 Å². The lowest BCUT2D eigenvalue weighted by Crippen LogP contribution is -2.03. The van der Waals surface area contributed by atoms with Gasteiger partial charge in [0.05, 0.1) is 18.9 Å². The summed E-state index contributed by atoms with van der Waals surface area (Å²) in [6.07, 6.45) is 4.73. The minimum absolute atomic E-state index is 0.0864. The van der Waals surface area contributed by atoms with Crippen LogP contribution in [0.15, 0.2) is 79.1 Å². The smallest absolute Gasteiger partial charge is 0.163 e. The van der Waals surface area contributed by atoms with Gasteiger partial charge in [-0.2, -0.15) is 0 Å². The molecule has 188 valence electrons. The van der Waals surface area contributed by atoms with Crippen molar-refractivity contribution >= 4 is 16.7 Å². The van der Waals surface area contributed by atoms with Gasteiger partial charge >= 0.3 is 0 Å². The number of aromatic nitrogens is 4. The van der Waals surface area contributed by atoms with Crippen LogP contribution >= 0.6 is 0 Å². The number of ether oxygens (including phenoxy) is 3. The topological polar surface area (TPSA) is 91.3 Å². The second kappa shape index (κ2) is 11.0. The van der Waals surface area contributed by atoms with Crippen molar-refractivity contribution in [2.75, 3.05) is 7.11 Å². The molecule has 0 saturated carbocycles. The molecule has 0 atom stereocenters. The fourth-order valence-electron chi connectivity index (χ4n) is 4.17. The highest BCUT2D eigenvalue weighted by Crippen LogP contribution is 2.27. The number of para-hydroxylation sites is 1. The van der Waals surface area contributed by atoms with Gasteiger partial charge in [-0.3, -0.25) is 9.48 Å². The Morgan fingerprint density at radius 3 is 2.73 bits per heavy atom. The summed E-state index contributed by atoms with van der Waals surface area (Å²) in [4.78, 5) is 15.5. The molecule has 0 spiro atoms. The van der Waals surface area contributed by atoms with Crippen LogP contribution in [0.4, 0.5) is 0 Å². The number of nitrogens with one attached hydrogen (secondary N) is 1. The van der Waals surface area contributed by atoms with Gasteiger partial charge in [-0.1, -0.05) is 35.5 Å². The molecule has 1 N–H and O–H groups in total. The molecule has 0 unspecified atom stereocenters. The Kier molecular flexibility index (Phi) is 7.16. The Morgan fingerprint density at radius 2 is 1.86 bits per heavy atom. The minimum Gasteiger partial charge on any atom is -0.497 e. The molecule has 37 heavy (non-hydrogen) atoms. The van der Waals surface area contributed by atoms with Crippen LogP contribution < -0.4 is 14.2 Å². The highest BCUT2D eigenvalue weighted by atomic mass is 16.5. The molecule has 0 amide bonds. The van der Waals surface area contributed by atoms with E-state index in [9.17, 15) is 4.79 Å². The number of carbonyl (C=O) groups is 1. The van der Waals surface area contributed by atoms with Crippen molar-refractivity contribution in [3.63, 3.8) is 0 Å². The van der Waals surface area contributed by atoms with E-state index in [0.29, 0.717) is 35.9 Å². The molecular formula is C29H28N4O4. The van der Waals surface area contributed by atoms with E-state index in [1.54, 1.807) is 30.0 Å². The minimum atomic E-state index is -0.0864. The molecule has 0 aliphatic carbocycles. The molecule has 8 nitrogen and oxygen atoms in total. The number of hydrogen-bond acceptors (Lipinski definition) is 6. The van der Waals surface area contributed by atoms with Gasteiger partial charge in [-0.15, -0.1) is 5.10 Å². The Balaban J connectivity index is 1.21.